The second kappa shape index (κ2) is 13.9. The molecular weight excluding hydrogens is 320 g/mol. The Balaban J connectivity index is 2.38. The van der Waals surface area contributed by atoms with E-state index in [4.69, 9.17) is 9.47 Å². The van der Waals surface area contributed by atoms with Crippen molar-refractivity contribution in [2.45, 2.75) is 77.7 Å². The number of nitrogens with one attached hydrogen (secondary N) is 1. The maximum atomic E-state index is 12.6. The van der Waals surface area contributed by atoms with Crippen LogP contribution in [-0.4, -0.2) is 55.9 Å². The fourth-order valence-electron chi connectivity index (χ4n) is 2.99. The Morgan fingerprint density at radius 2 is 1.76 bits per heavy atom. The molecule has 0 aromatic rings. The average molecular weight is 357 g/mol. The molecule has 0 aliphatic heterocycles. The first-order valence-electron chi connectivity index (χ1n) is 9.96. The van der Waals surface area contributed by atoms with Gasteiger partial charge >= 0.3 is 12.0 Å². The molecule has 0 spiro atoms. The Morgan fingerprint density at radius 3 is 2.44 bits per heavy atom. The highest BCUT2D eigenvalue weighted by molar-refractivity contribution is 5.76. The molecule has 0 saturated heterocycles. The van der Waals surface area contributed by atoms with Crippen LogP contribution in [0.25, 0.3) is 0 Å². The van der Waals surface area contributed by atoms with E-state index >= 15 is 0 Å². The molecule has 146 valence electrons. The van der Waals surface area contributed by atoms with Gasteiger partial charge in [-0.1, -0.05) is 32.6 Å². The lowest BCUT2D eigenvalue weighted by molar-refractivity contribution is -0.143. The van der Waals surface area contributed by atoms with Crippen molar-refractivity contribution in [3.63, 3.8) is 0 Å². The number of ether oxygens (including phenoxy) is 2. The zero-order chi connectivity index (χ0) is 18.3. The molecule has 0 aromatic carbocycles. The van der Waals surface area contributed by atoms with Crippen LogP contribution in [0.3, 0.4) is 0 Å². The first-order valence-corrected chi connectivity index (χ1v) is 9.96. The second-order valence-corrected chi connectivity index (χ2v) is 6.65. The fourth-order valence-corrected chi connectivity index (χ4v) is 2.99. The van der Waals surface area contributed by atoms with Crippen LogP contribution in [0.2, 0.25) is 0 Å². The van der Waals surface area contributed by atoms with E-state index in [2.05, 4.69) is 12.2 Å². The summed E-state index contributed by atoms with van der Waals surface area (Å²) < 4.78 is 10.5. The van der Waals surface area contributed by atoms with Crippen LogP contribution >= 0.6 is 0 Å². The Morgan fingerprint density at radius 1 is 1.04 bits per heavy atom. The summed E-state index contributed by atoms with van der Waals surface area (Å²) in [5.74, 6) is -0.253. The molecule has 6 heteroatoms. The highest BCUT2D eigenvalue weighted by Gasteiger charge is 2.20. The van der Waals surface area contributed by atoms with Gasteiger partial charge in [-0.05, 0) is 32.6 Å². The SMILES string of the molecule is CCCCOCCCN(CCC(=O)OCC)C(=O)NC1CCCCC1. The number of urea groups is 1. The molecule has 1 aliphatic rings. The van der Waals surface area contributed by atoms with Crippen LogP contribution in [-0.2, 0) is 14.3 Å². The first kappa shape index (κ1) is 21.7. The van der Waals surface area contributed by atoms with E-state index in [1.165, 1.54) is 19.3 Å². The number of unbranched alkanes of at least 4 members (excludes halogenated alkanes) is 1. The molecule has 6 nitrogen and oxygen atoms in total. The van der Waals surface area contributed by atoms with Gasteiger partial charge in [-0.2, -0.15) is 0 Å². The summed E-state index contributed by atoms with van der Waals surface area (Å²) in [4.78, 5) is 25.9. The molecule has 0 unspecified atom stereocenters. The lowest BCUT2D eigenvalue weighted by Crippen LogP contribution is -2.46. The molecule has 0 heterocycles. The number of esters is 1. The molecule has 0 aromatic heterocycles. The Hall–Kier alpha value is -1.30. The monoisotopic (exact) mass is 356 g/mol. The second-order valence-electron chi connectivity index (χ2n) is 6.65. The lowest BCUT2D eigenvalue weighted by Gasteiger charge is -2.28. The van der Waals surface area contributed by atoms with Crippen molar-refractivity contribution in [2.75, 3.05) is 32.9 Å². The van der Waals surface area contributed by atoms with Crippen molar-refractivity contribution in [1.82, 2.24) is 10.2 Å². The Kier molecular flexibility index (Phi) is 12.1. The first-order chi connectivity index (χ1) is 12.2. The zero-order valence-corrected chi connectivity index (χ0v) is 16.1. The summed E-state index contributed by atoms with van der Waals surface area (Å²) in [6, 6.07) is 0.205. The van der Waals surface area contributed by atoms with Crippen LogP contribution in [0.4, 0.5) is 4.79 Å². The topological polar surface area (TPSA) is 67.9 Å². The minimum atomic E-state index is -0.253. The normalized spacial score (nSPS) is 15.0. The predicted molar refractivity (Wildman–Crippen MR) is 98.6 cm³/mol. The van der Waals surface area contributed by atoms with Crippen molar-refractivity contribution in [1.29, 1.82) is 0 Å². The predicted octanol–water partition coefficient (Wildman–Crippen LogP) is 3.49. The minimum Gasteiger partial charge on any atom is -0.466 e. The summed E-state index contributed by atoms with van der Waals surface area (Å²) in [6.45, 7) is 6.71. The van der Waals surface area contributed by atoms with E-state index in [-0.39, 0.29) is 24.5 Å². The van der Waals surface area contributed by atoms with Gasteiger partial charge in [0.15, 0.2) is 0 Å². The maximum absolute atomic E-state index is 12.6. The van der Waals surface area contributed by atoms with Crippen LogP contribution in [0.5, 0.6) is 0 Å². The minimum absolute atomic E-state index is 0.0650. The van der Waals surface area contributed by atoms with E-state index in [9.17, 15) is 9.59 Å². The molecule has 0 atom stereocenters. The highest BCUT2D eigenvalue weighted by Crippen LogP contribution is 2.17. The number of hydrogen-bond acceptors (Lipinski definition) is 4. The zero-order valence-electron chi connectivity index (χ0n) is 16.1. The van der Waals surface area contributed by atoms with Crippen LogP contribution in [0.1, 0.15) is 71.6 Å². The average Bonchev–Trinajstić information content (AvgIpc) is 2.61. The van der Waals surface area contributed by atoms with E-state index in [1.807, 2.05) is 0 Å². The molecule has 0 radical (unpaired) electrons. The fraction of sp³-hybridized carbons (Fsp3) is 0.895. The van der Waals surface area contributed by atoms with E-state index < -0.39 is 0 Å². The molecular formula is C19H36N2O4. The Labute approximate surface area is 152 Å². The number of rotatable bonds is 12. The van der Waals surface area contributed by atoms with Crippen molar-refractivity contribution < 1.29 is 19.1 Å². The molecule has 1 saturated carbocycles. The molecule has 25 heavy (non-hydrogen) atoms. The van der Waals surface area contributed by atoms with Crippen molar-refractivity contribution in [3.05, 3.63) is 0 Å². The van der Waals surface area contributed by atoms with Crippen LogP contribution in [0, 0.1) is 0 Å². The van der Waals surface area contributed by atoms with Gasteiger partial charge in [-0.15, -0.1) is 0 Å². The standard InChI is InChI=1S/C19H36N2O4/c1-3-5-15-24-16-9-13-21(14-12-18(22)25-4-2)19(23)20-17-10-7-6-8-11-17/h17H,3-16H2,1-2H3,(H,20,23). The number of carbonyl (C=O) groups is 2. The largest absolute Gasteiger partial charge is 0.466 e. The van der Waals surface area contributed by atoms with E-state index in [1.54, 1.807) is 11.8 Å². The highest BCUT2D eigenvalue weighted by atomic mass is 16.5. The third kappa shape index (κ3) is 10.3. The van der Waals surface area contributed by atoms with Crippen molar-refractivity contribution in [3.8, 4) is 0 Å². The van der Waals surface area contributed by atoms with Gasteiger partial charge in [-0.25, -0.2) is 4.79 Å². The third-order valence-corrected chi connectivity index (χ3v) is 4.47. The van der Waals surface area contributed by atoms with Gasteiger partial charge in [0, 0.05) is 32.3 Å². The van der Waals surface area contributed by atoms with Crippen LogP contribution < -0.4 is 5.32 Å². The summed E-state index contributed by atoms with van der Waals surface area (Å²) in [7, 11) is 0. The number of carbonyl (C=O) groups excluding carboxylic acids is 2. The Bertz CT molecular complexity index is 370. The van der Waals surface area contributed by atoms with Gasteiger partial charge in [0.1, 0.15) is 0 Å². The smallest absolute Gasteiger partial charge is 0.317 e. The number of amides is 2. The number of nitrogens with zero attached hydrogens (tertiary/aromatic N) is 1. The quantitative estimate of drug-likeness (QED) is 0.429. The molecule has 1 rings (SSSR count). The van der Waals surface area contributed by atoms with Gasteiger partial charge in [0.25, 0.3) is 0 Å². The molecule has 2 amide bonds. The summed E-state index contributed by atoms with van der Waals surface area (Å²) in [5.41, 5.74) is 0. The third-order valence-electron chi connectivity index (χ3n) is 4.47. The van der Waals surface area contributed by atoms with Gasteiger partial charge in [0.2, 0.25) is 0 Å². The van der Waals surface area contributed by atoms with Gasteiger partial charge in [0.05, 0.1) is 13.0 Å². The molecule has 1 N–H and O–H groups in total. The molecule has 1 aliphatic carbocycles. The lowest BCUT2D eigenvalue weighted by atomic mass is 9.96. The van der Waals surface area contributed by atoms with Crippen LogP contribution in [0.15, 0.2) is 0 Å². The number of hydrogen-bond donors (Lipinski definition) is 1. The van der Waals surface area contributed by atoms with Crippen molar-refractivity contribution in [2.24, 2.45) is 0 Å². The molecule has 0 bridgehead atoms. The summed E-state index contributed by atoms with van der Waals surface area (Å²) >= 11 is 0. The van der Waals surface area contributed by atoms with Gasteiger partial charge < -0.3 is 19.7 Å². The van der Waals surface area contributed by atoms with Crippen molar-refractivity contribution >= 4 is 12.0 Å². The van der Waals surface area contributed by atoms with E-state index in [0.717, 1.165) is 38.7 Å². The molecule has 1 fully saturated rings. The van der Waals surface area contributed by atoms with Gasteiger partial charge in [-0.3, -0.25) is 4.79 Å². The summed E-state index contributed by atoms with van der Waals surface area (Å²) in [5, 5.41) is 3.13. The maximum Gasteiger partial charge on any atom is 0.317 e. The summed E-state index contributed by atoms with van der Waals surface area (Å²) in [6.07, 6.45) is 8.93. The van der Waals surface area contributed by atoms with E-state index in [0.29, 0.717) is 26.3 Å².